The normalized spacial score (nSPS) is 13.0. The Kier molecular flexibility index (Phi) is 4.96. The van der Waals surface area contributed by atoms with E-state index in [-0.39, 0.29) is 0 Å². The molecule has 0 fully saturated rings. The maximum Gasteiger partial charge on any atom is 0.238 e. The molecule has 0 radical (unpaired) electrons. The number of hydrogen-bond donors (Lipinski definition) is 0. The lowest BCUT2D eigenvalue weighted by atomic mass is 9.94. The van der Waals surface area contributed by atoms with E-state index in [0.29, 0.717) is 17.6 Å². The average Bonchev–Trinajstić information content (AvgIpc) is 3.59. The van der Waals surface area contributed by atoms with Crippen molar-refractivity contribution in [3.63, 3.8) is 0 Å². The number of allylic oxidation sites excluding steroid dienone is 1. The molecule has 3 aromatic heterocycles. The Balaban J connectivity index is 1.44. The molecular weight excluding hydrogens is 516 g/mol. The summed E-state index contributed by atoms with van der Waals surface area (Å²) in [5.41, 5.74) is 6.01. The Morgan fingerprint density at radius 2 is 1.31 bits per heavy atom. The summed E-state index contributed by atoms with van der Waals surface area (Å²) in [6.07, 6.45) is 6.28. The summed E-state index contributed by atoms with van der Waals surface area (Å²) in [5.74, 6) is 2.87. The Morgan fingerprint density at radius 3 is 2.10 bits per heavy atom. The molecule has 0 N–H and O–H groups in total. The van der Waals surface area contributed by atoms with Gasteiger partial charge in [-0.1, -0.05) is 103 Å². The molecule has 1 aliphatic carbocycles. The minimum Gasteiger partial charge on any atom is -0.460 e. The molecule has 198 valence electrons. The predicted molar refractivity (Wildman–Crippen MR) is 170 cm³/mol. The van der Waals surface area contributed by atoms with Gasteiger partial charge in [0.15, 0.2) is 11.6 Å². The number of para-hydroxylation sites is 2. The smallest absolute Gasteiger partial charge is 0.238 e. The van der Waals surface area contributed by atoms with Crippen LogP contribution in [0.25, 0.3) is 78.3 Å². The number of fused-ring (bicyclic) bond motifs is 7. The summed E-state index contributed by atoms with van der Waals surface area (Å²) in [6.45, 7) is 0. The quantitative estimate of drug-likeness (QED) is 0.224. The Hall–Kier alpha value is -5.55. The zero-order valence-corrected chi connectivity index (χ0v) is 22.7. The highest BCUT2D eigenvalue weighted by Crippen LogP contribution is 2.42. The van der Waals surface area contributed by atoms with Gasteiger partial charge in [-0.3, -0.25) is 4.57 Å². The van der Waals surface area contributed by atoms with E-state index in [1.807, 2.05) is 18.2 Å². The minimum absolute atomic E-state index is 0.588. The van der Waals surface area contributed by atoms with Crippen molar-refractivity contribution in [3.8, 4) is 28.7 Å². The molecule has 0 unspecified atom stereocenters. The van der Waals surface area contributed by atoms with Crippen LogP contribution in [0.1, 0.15) is 17.7 Å². The molecular formula is C37H24N4O. The summed E-state index contributed by atoms with van der Waals surface area (Å²) >= 11 is 0. The Bertz CT molecular complexity index is 2310. The zero-order valence-electron chi connectivity index (χ0n) is 22.7. The topological polar surface area (TPSA) is 56.7 Å². The van der Waals surface area contributed by atoms with E-state index in [0.717, 1.165) is 78.8 Å². The van der Waals surface area contributed by atoms with Gasteiger partial charge < -0.3 is 4.42 Å². The monoisotopic (exact) mass is 540 g/mol. The molecule has 5 heteroatoms. The number of aromatic nitrogens is 4. The van der Waals surface area contributed by atoms with Crippen molar-refractivity contribution in [1.29, 1.82) is 0 Å². The van der Waals surface area contributed by atoms with E-state index in [4.69, 9.17) is 19.4 Å². The molecule has 8 aromatic rings. The van der Waals surface area contributed by atoms with Gasteiger partial charge in [-0.25, -0.2) is 4.98 Å². The summed E-state index contributed by atoms with van der Waals surface area (Å²) in [7, 11) is 0. The second-order valence-corrected chi connectivity index (χ2v) is 10.7. The van der Waals surface area contributed by atoms with E-state index < -0.39 is 0 Å². The molecule has 9 rings (SSSR count). The van der Waals surface area contributed by atoms with Crippen molar-refractivity contribution in [2.24, 2.45) is 0 Å². The highest BCUT2D eigenvalue weighted by Gasteiger charge is 2.24. The standard InChI is InChI=1S/C37H24N4O/c1-2-12-23(13-3-1)35-38-36(40-37(39-35)41-29-19-9-6-16-26(29)27-17-7-10-20-30(27)41)34-25-15-5-4-14-24(25)22-32-33(34)28-18-8-11-21-31(28)42-32/h1-10,12-20,22H,11,21H2. The maximum atomic E-state index is 6.47. The first kappa shape index (κ1) is 23.2. The molecule has 3 heterocycles. The van der Waals surface area contributed by atoms with E-state index in [1.165, 1.54) is 0 Å². The fraction of sp³-hybridized carbons (Fsp3) is 0.0541. The van der Waals surface area contributed by atoms with Gasteiger partial charge in [0.2, 0.25) is 5.95 Å². The first-order valence-electron chi connectivity index (χ1n) is 14.3. The third-order valence-corrected chi connectivity index (χ3v) is 8.30. The third-order valence-electron chi connectivity index (χ3n) is 8.30. The number of benzene rings is 5. The van der Waals surface area contributed by atoms with E-state index in [1.54, 1.807) is 0 Å². The molecule has 0 spiro atoms. The second-order valence-electron chi connectivity index (χ2n) is 10.7. The summed E-state index contributed by atoms with van der Waals surface area (Å²) in [6, 6.07) is 37.6. The lowest BCUT2D eigenvalue weighted by Gasteiger charge is -2.13. The molecule has 0 bridgehead atoms. The van der Waals surface area contributed by atoms with Crippen molar-refractivity contribution < 1.29 is 4.42 Å². The third kappa shape index (κ3) is 3.40. The van der Waals surface area contributed by atoms with Gasteiger partial charge in [0.05, 0.1) is 11.0 Å². The van der Waals surface area contributed by atoms with Gasteiger partial charge in [-0.15, -0.1) is 0 Å². The Labute approximate surface area is 241 Å². The van der Waals surface area contributed by atoms with Gasteiger partial charge >= 0.3 is 0 Å². The van der Waals surface area contributed by atoms with Gasteiger partial charge in [-0.2, -0.15) is 9.97 Å². The van der Waals surface area contributed by atoms with Gasteiger partial charge in [0.25, 0.3) is 0 Å². The van der Waals surface area contributed by atoms with Crippen molar-refractivity contribution in [3.05, 3.63) is 127 Å². The van der Waals surface area contributed by atoms with E-state index in [2.05, 4.69) is 108 Å². The van der Waals surface area contributed by atoms with Crippen molar-refractivity contribution >= 4 is 49.6 Å². The number of furan rings is 1. The van der Waals surface area contributed by atoms with Crippen molar-refractivity contribution in [2.75, 3.05) is 0 Å². The van der Waals surface area contributed by atoms with Crippen molar-refractivity contribution in [2.45, 2.75) is 12.8 Å². The van der Waals surface area contributed by atoms with E-state index >= 15 is 0 Å². The zero-order chi connectivity index (χ0) is 27.6. The van der Waals surface area contributed by atoms with Crippen LogP contribution in [0.3, 0.4) is 0 Å². The number of hydrogen-bond acceptors (Lipinski definition) is 4. The van der Waals surface area contributed by atoms with Crippen molar-refractivity contribution in [1.82, 2.24) is 19.5 Å². The fourth-order valence-electron chi connectivity index (χ4n) is 6.44. The van der Waals surface area contributed by atoms with Gasteiger partial charge in [0.1, 0.15) is 11.3 Å². The molecule has 1 aliphatic rings. The molecule has 0 aliphatic heterocycles. The number of nitrogens with zero attached hydrogens (tertiary/aromatic N) is 4. The number of rotatable bonds is 3. The van der Waals surface area contributed by atoms with Crippen LogP contribution in [-0.4, -0.2) is 19.5 Å². The maximum absolute atomic E-state index is 6.47. The predicted octanol–water partition coefficient (Wildman–Crippen LogP) is 9.16. The van der Waals surface area contributed by atoms with Crippen LogP contribution in [0.5, 0.6) is 0 Å². The lowest BCUT2D eigenvalue weighted by Crippen LogP contribution is -2.07. The molecule has 0 amide bonds. The molecule has 5 nitrogen and oxygen atoms in total. The summed E-state index contributed by atoms with van der Waals surface area (Å²) in [4.78, 5) is 15.6. The van der Waals surface area contributed by atoms with Crippen LogP contribution in [-0.2, 0) is 6.42 Å². The SMILES string of the molecule is C1=Cc2c(oc3cc4ccccc4c(-c4nc(-c5ccccc5)nc(-n5c6ccccc6c6ccccc65)n4)c23)CC1. The minimum atomic E-state index is 0.588. The first-order valence-corrected chi connectivity index (χ1v) is 14.3. The largest absolute Gasteiger partial charge is 0.460 e. The molecule has 0 saturated carbocycles. The summed E-state index contributed by atoms with van der Waals surface area (Å²) < 4.78 is 8.63. The highest BCUT2D eigenvalue weighted by atomic mass is 16.3. The highest BCUT2D eigenvalue weighted by molar-refractivity contribution is 6.13. The van der Waals surface area contributed by atoms with Gasteiger partial charge in [-0.05, 0) is 35.4 Å². The van der Waals surface area contributed by atoms with Crippen LogP contribution < -0.4 is 0 Å². The van der Waals surface area contributed by atoms with Crippen LogP contribution in [0.2, 0.25) is 0 Å². The van der Waals surface area contributed by atoms with Crippen LogP contribution in [0.4, 0.5) is 0 Å². The molecule has 0 saturated heterocycles. The summed E-state index contributed by atoms with van der Waals surface area (Å²) in [5, 5.41) is 5.56. The lowest BCUT2D eigenvalue weighted by molar-refractivity contribution is 0.546. The molecule has 42 heavy (non-hydrogen) atoms. The Morgan fingerprint density at radius 1 is 0.643 bits per heavy atom. The van der Waals surface area contributed by atoms with Gasteiger partial charge in [0, 0.05) is 39.3 Å². The second kappa shape index (κ2) is 8.98. The first-order chi connectivity index (χ1) is 20.8. The fourth-order valence-corrected chi connectivity index (χ4v) is 6.44. The average molecular weight is 541 g/mol. The van der Waals surface area contributed by atoms with Crippen LogP contribution in [0.15, 0.2) is 120 Å². The van der Waals surface area contributed by atoms with E-state index in [9.17, 15) is 0 Å². The number of aryl methyl sites for hydroxylation is 1. The van der Waals surface area contributed by atoms with Crippen LogP contribution >= 0.6 is 0 Å². The van der Waals surface area contributed by atoms with Crippen LogP contribution in [0, 0.1) is 0 Å². The molecule has 0 atom stereocenters. The molecule has 5 aromatic carbocycles.